The van der Waals surface area contributed by atoms with E-state index < -0.39 is 0 Å². The first-order valence-electron chi connectivity index (χ1n) is 9.35. The fraction of sp³-hybridized carbons (Fsp3) is 0.217. The van der Waals surface area contributed by atoms with Crippen LogP contribution >= 0.6 is 39.1 Å². The third kappa shape index (κ3) is 6.11. The quantitative estimate of drug-likeness (QED) is 0.319. The second kappa shape index (κ2) is 11.0. The molecule has 3 nitrogen and oxygen atoms in total. The Kier molecular flexibility index (Phi) is 8.40. The van der Waals surface area contributed by atoms with Crippen LogP contribution in [-0.4, -0.2) is 13.7 Å². The molecule has 0 fully saturated rings. The molecule has 3 aromatic carbocycles. The van der Waals surface area contributed by atoms with Gasteiger partial charge in [0.25, 0.3) is 0 Å². The Morgan fingerprint density at radius 3 is 2.50 bits per heavy atom. The lowest BCUT2D eigenvalue weighted by molar-refractivity contribution is 0.280. The van der Waals surface area contributed by atoms with Crippen LogP contribution in [0, 0.1) is 5.82 Å². The van der Waals surface area contributed by atoms with Gasteiger partial charge in [0.05, 0.1) is 7.11 Å². The molecular formula is C23H21BrCl2FNO2. The molecule has 7 heteroatoms. The van der Waals surface area contributed by atoms with Gasteiger partial charge in [0.15, 0.2) is 11.5 Å². The van der Waals surface area contributed by atoms with Gasteiger partial charge in [-0.15, -0.1) is 0 Å². The standard InChI is InChI=1S/C23H21BrCl2FNO2/c1-29-22-9-8-20(24)19(23(22)30-14-15-2-6-18(27)7-3-15)13-28-11-10-16-4-5-17(25)12-21(16)26/h2-9,12,28H,10-11,13-14H2,1H3. The summed E-state index contributed by atoms with van der Waals surface area (Å²) in [7, 11) is 1.60. The molecule has 0 heterocycles. The van der Waals surface area contributed by atoms with Gasteiger partial charge < -0.3 is 14.8 Å². The van der Waals surface area contributed by atoms with E-state index in [0.29, 0.717) is 34.7 Å². The molecule has 0 saturated carbocycles. The van der Waals surface area contributed by atoms with Crippen LogP contribution in [0.5, 0.6) is 11.5 Å². The van der Waals surface area contributed by atoms with Crippen molar-refractivity contribution < 1.29 is 13.9 Å². The Morgan fingerprint density at radius 2 is 1.80 bits per heavy atom. The van der Waals surface area contributed by atoms with Crippen molar-refractivity contribution in [1.82, 2.24) is 5.32 Å². The third-order valence-corrected chi connectivity index (χ3v) is 5.90. The number of hydrogen-bond donors (Lipinski definition) is 1. The number of benzene rings is 3. The Hall–Kier alpha value is -1.79. The van der Waals surface area contributed by atoms with E-state index in [-0.39, 0.29) is 5.82 Å². The molecule has 0 atom stereocenters. The predicted molar refractivity (Wildman–Crippen MR) is 123 cm³/mol. The van der Waals surface area contributed by atoms with Crippen LogP contribution in [0.2, 0.25) is 10.0 Å². The molecule has 0 amide bonds. The number of rotatable bonds is 9. The Morgan fingerprint density at radius 1 is 1.03 bits per heavy atom. The Labute approximate surface area is 194 Å². The lowest BCUT2D eigenvalue weighted by Crippen LogP contribution is -2.18. The maximum Gasteiger partial charge on any atom is 0.167 e. The lowest BCUT2D eigenvalue weighted by atomic mass is 10.1. The SMILES string of the molecule is COc1ccc(Br)c(CNCCc2ccc(Cl)cc2Cl)c1OCc1ccc(F)cc1. The van der Waals surface area contributed by atoms with Gasteiger partial charge in [-0.05, 0) is 60.5 Å². The minimum atomic E-state index is -0.274. The molecule has 30 heavy (non-hydrogen) atoms. The first-order valence-corrected chi connectivity index (χ1v) is 10.9. The van der Waals surface area contributed by atoms with Crippen LogP contribution in [0.15, 0.2) is 59.1 Å². The zero-order chi connectivity index (χ0) is 21.5. The summed E-state index contributed by atoms with van der Waals surface area (Å²) in [5.74, 6) is 1.01. The van der Waals surface area contributed by atoms with E-state index in [2.05, 4.69) is 21.2 Å². The zero-order valence-electron chi connectivity index (χ0n) is 16.4. The van der Waals surface area contributed by atoms with Crippen molar-refractivity contribution in [1.29, 1.82) is 0 Å². The molecule has 0 bridgehead atoms. The zero-order valence-corrected chi connectivity index (χ0v) is 19.5. The molecular weight excluding hydrogens is 492 g/mol. The lowest BCUT2D eigenvalue weighted by Gasteiger charge is -2.17. The molecule has 3 rings (SSSR count). The highest BCUT2D eigenvalue weighted by molar-refractivity contribution is 9.10. The van der Waals surface area contributed by atoms with E-state index in [9.17, 15) is 4.39 Å². The minimum Gasteiger partial charge on any atom is -0.493 e. The summed E-state index contributed by atoms with van der Waals surface area (Å²) in [5.41, 5.74) is 2.85. The number of nitrogens with one attached hydrogen (secondary N) is 1. The smallest absolute Gasteiger partial charge is 0.167 e. The largest absolute Gasteiger partial charge is 0.493 e. The number of hydrogen-bond acceptors (Lipinski definition) is 3. The van der Waals surface area contributed by atoms with Gasteiger partial charge in [0.2, 0.25) is 0 Å². The van der Waals surface area contributed by atoms with Crippen LogP contribution in [0.3, 0.4) is 0 Å². The highest BCUT2D eigenvalue weighted by Crippen LogP contribution is 2.36. The molecule has 0 aliphatic carbocycles. The van der Waals surface area contributed by atoms with Gasteiger partial charge in [-0.25, -0.2) is 4.39 Å². The number of methoxy groups -OCH3 is 1. The summed E-state index contributed by atoms with van der Waals surface area (Å²) in [6.07, 6.45) is 0.767. The molecule has 0 unspecified atom stereocenters. The fourth-order valence-corrected chi connectivity index (χ4v) is 3.92. The number of ether oxygens (including phenoxy) is 2. The molecule has 0 aliphatic rings. The van der Waals surface area contributed by atoms with E-state index in [1.165, 1.54) is 12.1 Å². The molecule has 0 saturated heterocycles. The van der Waals surface area contributed by atoms with Crippen molar-refractivity contribution in [3.05, 3.63) is 91.6 Å². The molecule has 0 radical (unpaired) electrons. The molecule has 0 aliphatic heterocycles. The molecule has 3 aromatic rings. The van der Waals surface area contributed by atoms with Gasteiger partial charge in [-0.3, -0.25) is 0 Å². The second-order valence-corrected chi connectivity index (χ2v) is 8.33. The first-order chi connectivity index (χ1) is 14.5. The molecule has 0 aromatic heterocycles. The predicted octanol–water partition coefficient (Wildman–Crippen LogP) is 6.81. The summed E-state index contributed by atoms with van der Waals surface area (Å²) in [6.45, 7) is 1.60. The van der Waals surface area contributed by atoms with Crippen LogP contribution < -0.4 is 14.8 Å². The number of halogens is 4. The summed E-state index contributed by atoms with van der Waals surface area (Å²) in [4.78, 5) is 0. The van der Waals surface area contributed by atoms with Crippen LogP contribution in [0.4, 0.5) is 4.39 Å². The van der Waals surface area contributed by atoms with E-state index in [1.54, 1.807) is 25.3 Å². The molecule has 158 valence electrons. The first kappa shape index (κ1) is 22.9. The van der Waals surface area contributed by atoms with Crippen molar-refractivity contribution in [3.63, 3.8) is 0 Å². The van der Waals surface area contributed by atoms with Crippen molar-refractivity contribution in [3.8, 4) is 11.5 Å². The van der Waals surface area contributed by atoms with Gasteiger partial charge in [-0.2, -0.15) is 0 Å². The highest BCUT2D eigenvalue weighted by atomic mass is 79.9. The van der Waals surface area contributed by atoms with E-state index >= 15 is 0 Å². The van der Waals surface area contributed by atoms with Crippen LogP contribution in [0.1, 0.15) is 16.7 Å². The maximum absolute atomic E-state index is 13.1. The van der Waals surface area contributed by atoms with Gasteiger partial charge >= 0.3 is 0 Å². The minimum absolute atomic E-state index is 0.274. The van der Waals surface area contributed by atoms with Gasteiger partial charge in [-0.1, -0.05) is 57.3 Å². The summed E-state index contributed by atoms with van der Waals surface area (Å²) in [5, 5.41) is 4.71. The average molecular weight is 513 g/mol. The third-order valence-electron chi connectivity index (χ3n) is 4.57. The van der Waals surface area contributed by atoms with E-state index in [0.717, 1.165) is 34.1 Å². The van der Waals surface area contributed by atoms with E-state index in [1.807, 2.05) is 24.3 Å². The summed E-state index contributed by atoms with van der Waals surface area (Å²) >= 11 is 15.8. The molecule has 0 spiro atoms. The second-order valence-electron chi connectivity index (χ2n) is 6.63. The van der Waals surface area contributed by atoms with Crippen molar-refractivity contribution in [2.75, 3.05) is 13.7 Å². The normalized spacial score (nSPS) is 10.8. The van der Waals surface area contributed by atoms with E-state index in [4.69, 9.17) is 32.7 Å². The Balaban J connectivity index is 1.67. The highest BCUT2D eigenvalue weighted by Gasteiger charge is 2.15. The summed E-state index contributed by atoms with van der Waals surface area (Å²) < 4.78 is 25.6. The molecule has 1 N–H and O–H groups in total. The van der Waals surface area contributed by atoms with Gasteiger partial charge in [0, 0.05) is 26.6 Å². The van der Waals surface area contributed by atoms with Crippen molar-refractivity contribution in [2.45, 2.75) is 19.6 Å². The van der Waals surface area contributed by atoms with Crippen molar-refractivity contribution >= 4 is 39.1 Å². The fourth-order valence-electron chi connectivity index (χ4n) is 2.96. The summed E-state index contributed by atoms with van der Waals surface area (Å²) in [6, 6.07) is 15.5. The van der Waals surface area contributed by atoms with Crippen LogP contribution in [-0.2, 0) is 19.6 Å². The van der Waals surface area contributed by atoms with Gasteiger partial charge in [0.1, 0.15) is 12.4 Å². The van der Waals surface area contributed by atoms with Crippen molar-refractivity contribution in [2.24, 2.45) is 0 Å². The maximum atomic E-state index is 13.1. The average Bonchev–Trinajstić information content (AvgIpc) is 2.73. The Bertz CT molecular complexity index is 999. The van der Waals surface area contributed by atoms with Crippen LogP contribution in [0.25, 0.3) is 0 Å². The topological polar surface area (TPSA) is 30.5 Å². The monoisotopic (exact) mass is 511 g/mol.